The number of amides is 1. The minimum atomic E-state index is -3.80. The molecule has 1 aliphatic heterocycles. The van der Waals surface area contributed by atoms with Gasteiger partial charge in [-0.15, -0.1) is 0 Å². The van der Waals surface area contributed by atoms with Gasteiger partial charge in [-0.3, -0.25) is 9.35 Å². The highest BCUT2D eigenvalue weighted by molar-refractivity contribution is 7.85. The minimum absolute atomic E-state index is 0.0289. The predicted molar refractivity (Wildman–Crippen MR) is 52.3 cm³/mol. The number of nitrogens with zero attached hydrogens (tertiary/aromatic N) is 1. The van der Waals surface area contributed by atoms with Gasteiger partial charge >= 0.3 is 0 Å². The molecule has 0 aromatic heterocycles. The second-order valence-corrected chi connectivity index (χ2v) is 4.57. The van der Waals surface area contributed by atoms with Gasteiger partial charge in [0.15, 0.2) is 0 Å². The van der Waals surface area contributed by atoms with E-state index in [0.717, 1.165) is 19.4 Å². The van der Waals surface area contributed by atoms with Crippen molar-refractivity contribution in [1.82, 2.24) is 4.90 Å². The Balaban J connectivity index is 0.000000241. The quantitative estimate of drug-likeness (QED) is 0.590. The van der Waals surface area contributed by atoms with Crippen molar-refractivity contribution < 1.29 is 17.8 Å². The van der Waals surface area contributed by atoms with Gasteiger partial charge in [0.2, 0.25) is 5.91 Å². The second kappa shape index (κ2) is 5.94. The summed E-state index contributed by atoms with van der Waals surface area (Å²) in [6.45, 7) is 0.928. The summed E-state index contributed by atoms with van der Waals surface area (Å²) in [4.78, 5) is 12.3. The van der Waals surface area contributed by atoms with Gasteiger partial charge in [0.05, 0.1) is 5.75 Å². The maximum Gasteiger partial charge on any atom is 0.266 e. The van der Waals surface area contributed by atoms with Crippen LogP contribution in [0.5, 0.6) is 0 Å². The van der Waals surface area contributed by atoms with Gasteiger partial charge in [-0.2, -0.15) is 8.42 Å². The molecule has 1 amide bonds. The van der Waals surface area contributed by atoms with E-state index >= 15 is 0 Å². The van der Waals surface area contributed by atoms with Crippen LogP contribution < -0.4 is 5.73 Å². The van der Waals surface area contributed by atoms with Gasteiger partial charge in [0.1, 0.15) is 0 Å². The smallest absolute Gasteiger partial charge is 0.266 e. The Kier molecular flexibility index (Phi) is 5.66. The van der Waals surface area contributed by atoms with Crippen molar-refractivity contribution >= 4 is 16.0 Å². The molecule has 3 N–H and O–H groups in total. The molecule has 0 bridgehead atoms. The summed E-state index contributed by atoms with van der Waals surface area (Å²) in [5, 5.41) is 0. The highest BCUT2D eigenvalue weighted by Gasteiger charge is 2.14. The molecule has 0 radical (unpaired) electrons. The van der Waals surface area contributed by atoms with E-state index in [4.69, 9.17) is 10.3 Å². The Hall–Kier alpha value is -0.660. The van der Waals surface area contributed by atoms with E-state index in [1.165, 1.54) is 0 Å². The van der Waals surface area contributed by atoms with Crippen molar-refractivity contribution in [2.45, 2.75) is 12.8 Å². The lowest BCUT2D eigenvalue weighted by molar-refractivity contribution is -0.126. The largest absolute Gasteiger partial charge is 0.346 e. The maximum atomic E-state index is 10.5. The number of carbonyl (C=O) groups is 1. The molecule has 0 saturated carbocycles. The molecule has 1 saturated heterocycles. The summed E-state index contributed by atoms with van der Waals surface area (Å²) in [6.07, 6.45) is 1.81. The van der Waals surface area contributed by atoms with Crippen LogP contribution in [0.3, 0.4) is 0 Å². The summed E-state index contributed by atoms with van der Waals surface area (Å²) in [5.41, 5.74) is 4.78. The van der Waals surface area contributed by atoms with Crippen LogP contribution in [0.4, 0.5) is 0 Å². The van der Waals surface area contributed by atoms with Crippen LogP contribution in [-0.4, -0.2) is 49.7 Å². The first-order chi connectivity index (χ1) is 6.37. The van der Waals surface area contributed by atoms with Crippen LogP contribution in [0.15, 0.2) is 0 Å². The summed E-state index contributed by atoms with van der Waals surface area (Å²) in [6, 6.07) is 0. The second-order valence-electron chi connectivity index (χ2n) is 2.99. The van der Waals surface area contributed by atoms with Crippen LogP contribution in [0, 0.1) is 0 Å². The Morgan fingerprint density at radius 1 is 1.57 bits per heavy atom. The zero-order valence-electron chi connectivity index (χ0n) is 8.14. The molecule has 7 heteroatoms. The highest BCUT2D eigenvalue weighted by Crippen LogP contribution is 2.04. The molecule has 84 valence electrons. The molecule has 1 heterocycles. The fourth-order valence-corrected chi connectivity index (χ4v) is 1.23. The van der Waals surface area contributed by atoms with Crippen molar-refractivity contribution in [3.63, 3.8) is 0 Å². The van der Waals surface area contributed by atoms with Crippen molar-refractivity contribution in [3.8, 4) is 0 Å². The van der Waals surface area contributed by atoms with E-state index in [9.17, 15) is 13.2 Å². The Morgan fingerprint density at radius 2 is 2.14 bits per heavy atom. The van der Waals surface area contributed by atoms with Gasteiger partial charge in [0, 0.05) is 26.6 Å². The van der Waals surface area contributed by atoms with Crippen LogP contribution in [-0.2, 0) is 14.9 Å². The monoisotopic (exact) mass is 224 g/mol. The van der Waals surface area contributed by atoms with Gasteiger partial charge in [-0.1, -0.05) is 0 Å². The standard InChI is InChI=1S/C5H9NO.C2H7NO3S/c1-6-4-2-3-5(6)7;3-1-2-7(4,5)6/h2-4H2,1H3;1-3H2,(H,4,5,6). The summed E-state index contributed by atoms with van der Waals surface area (Å²) in [7, 11) is -1.96. The average molecular weight is 224 g/mol. The molecule has 0 atom stereocenters. The molecule has 6 nitrogen and oxygen atoms in total. The third-order valence-electron chi connectivity index (χ3n) is 1.69. The van der Waals surface area contributed by atoms with Crippen molar-refractivity contribution in [2.24, 2.45) is 5.73 Å². The van der Waals surface area contributed by atoms with Crippen molar-refractivity contribution in [3.05, 3.63) is 0 Å². The Bertz CT molecular complexity index is 275. The molecule has 0 aromatic carbocycles. The topological polar surface area (TPSA) is 101 Å². The van der Waals surface area contributed by atoms with Gasteiger partial charge < -0.3 is 10.6 Å². The lowest BCUT2D eigenvalue weighted by Crippen LogP contribution is -2.17. The van der Waals surface area contributed by atoms with E-state index in [0.29, 0.717) is 5.91 Å². The van der Waals surface area contributed by atoms with Crippen LogP contribution in [0.25, 0.3) is 0 Å². The fraction of sp³-hybridized carbons (Fsp3) is 0.857. The van der Waals surface area contributed by atoms with E-state index in [1.54, 1.807) is 4.90 Å². The molecule has 0 spiro atoms. The van der Waals surface area contributed by atoms with E-state index in [2.05, 4.69) is 0 Å². The van der Waals surface area contributed by atoms with E-state index in [1.807, 2.05) is 7.05 Å². The number of hydrogen-bond donors (Lipinski definition) is 2. The maximum absolute atomic E-state index is 10.5. The normalized spacial score (nSPS) is 16.5. The molecule has 14 heavy (non-hydrogen) atoms. The number of carbonyl (C=O) groups excluding carboxylic acids is 1. The van der Waals surface area contributed by atoms with E-state index in [-0.39, 0.29) is 12.3 Å². The first-order valence-electron chi connectivity index (χ1n) is 4.26. The fourth-order valence-electron chi connectivity index (χ4n) is 0.932. The van der Waals surface area contributed by atoms with Crippen molar-refractivity contribution in [2.75, 3.05) is 25.9 Å². The molecule has 0 aliphatic carbocycles. The number of rotatable bonds is 2. The summed E-state index contributed by atoms with van der Waals surface area (Å²) < 4.78 is 27.3. The first kappa shape index (κ1) is 13.3. The molecular weight excluding hydrogens is 208 g/mol. The van der Waals surface area contributed by atoms with Gasteiger partial charge in [0.25, 0.3) is 10.1 Å². The molecule has 1 rings (SSSR count). The summed E-state index contributed by atoms with van der Waals surface area (Å²) >= 11 is 0. The number of nitrogens with two attached hydrogens (primary N) is 1. The molecular formula is C7H16N2O4S. The number of hydrogen-bond acceptors (Lipinski definition) is 4. The lowest BCUT2D eigenvalue weighted by atomic mass is 10.4. The van der Waals surface area contributed by atoms with Crippen LogP contribution >= 0.6 is 0 Å². The minimum Gasteiger partial charge on any atom is -0.346 e. The van der Waals surface area contributed by atoms with Crippen LogP contribution in [0.2, 0.25) is 0 Å². The molecule has 0 aromatic rings. The Labute approximate surface area is 83.8 Å². The van der Waals surface area contributed by atoms with Crippen molar-refractivity contribution in [1.29, 1.82) is 0 Å². The molecule has 1 fully saturated rings. The summed E-state index contributed by atoms with van der Waals surface area (Å²) in [5.74, 6) is -0.0625. The zero-order chi connectivity index (χ0) is 11.2. The number of likely N-dealkylation sites (tertiary alicyclic amines) is 1. The average Bonchev–Trinajstić information content (AvgIpc) is 2.35. The molecule has 1 aliphatic rings. The Morgan fingerprint density at radius 3 is 2.21 bits per heavy atom. The molecule has 0 unspecified atom stereocenters. The lowest BCUT2D eigenvalue weighted by Gasteiger charge is -2.03. The predicted octanol–water partition coefficient (Wildman–Crippen LogP) is -0.928. The van der Waals surface area contributed by atoms with Gasteiger partial charge in [-0.25, -0.2) is 0 Å². The van der Waals surface area contributed by atoms with E-state index < -0.39 is 10.1 Å². The third kappa shape index (κ3) is 6.81. The first-order valence-corrected chi connectivity index (χ1v) is 5.87. The SMILES string of the molecule is CN1CCCC1=O.NCCS(=O)(=O)O. The third-order valence-corrected chi connectivity index (χ3v) is 2.44. The van der Waals surface area contributed by atoms with Crippen LogP contribution in [0.1, 0.15) is 12.8 Å². The highest BCUT2D eigenvalue weighted by atomic mass is 32.2. The zero-order valence-corrected chi connectivity index (χ0v) is 8.96. The van der Waals surface area contributed by atoms with Gasteiger partial charge in [-0.05, 0) is 6.42 Å².